The Labute approximate surface area is 129 Å². The van der Waals surface area contributed by atoms with Gasteiger partial charge in [0.1, 0.15) is 12.4 Å². The molecule has 0 aromatic heterocycles. The number of aryl methyl sites for hydroxylation is 1. The smallest absolute Gasteiger partial charge is 0.224 e. The van der Waals surface area contributed by atoms with Gasteiger partial charge >= 0.3 is 0 Å². The fourth-order valence-electron chi connectivity index (χ4n) is 1.87. The zero-order valence-electron chi connectivity index (χ0n) is 11.9. The van der Waals surface area contributed by atoms with Crippen molar-refractivity contribution in [2.24, 2.45) is 0 Å². The molecule has 1 amide bonds. The van der Waals surface area contributed by atoms with Gasteiger partial charge in [0.15, 0.2) is 0 Å². The van der Waals surface area contributed by atoms with Gasteiger partial charge in [0.25, 0.3) is 0 Å². The topological polar surface area (TPSA) is 38.3 Å². The largest absolute Gasteiger partial charge is 0.490 e. The molecule has 0 atom stereocenters. The maximum atomic E-state index is 11.8. The number of nitrogens with one attached hydrogen (secondary N) is 1. The SMILES string of the molecule is Cc1ccc(CC(=O)NCCOc2ccccc2Cl)cc1. The van der Waals surface area contributed by atoms with E-state index in [0.717, 1.165) is 5.56 Å². The standard InChI is InChI=1S/C17H18ClNO2/c1-13-6-8-14(9-7-13)12-17(20)19-10-11-21-16-5-3-2-4-15(16)18/h2-9H,10-12H2,1H3,(H,19,20). The number of carbonyl (C=O) groups excluding carboxylic acids is 1. The first-order valence-electron chi connectivity index (χ1n) is 6.85. The minimum atomic E-state index is -0.0124. The molecule has 1 N–H and O–H groups in total. The van der Waals surface area contributed by atoms with Crippen molar-refractivity contribution < 1.29 is 9.53 Å². The molecule has 0 spiro atoms. The molecule has 21 heavy (non-hydrogen) atoms. The maximum absolute atomic E-state index is 11.8. The molecule has 110 valence electrons. The van der Waals surface area contributed by atoms with Crippen molar-refractivity contribution in [3.63, 3.8) is 0 Å². The third kappa shape index (κ3) is 5.12. The molecule has 0 bridgehead atoms. The average Bonchev–Trinajstić information content (AvgIpc) is 2.48. The van der Waals surface area contributed by atoms with Crippen molar-refractivity contribution in [2.75, 3.05) is 13.2 Å². The van der Waals surface area contributed by atoms with Crippen molar-refractivity contribution in [2.45, 2.75) is 13.3 Å². The highest BCUT2D eigenvalue weighted by atomic mass is 35.5. The maximum Gasteiger partial charge on any atom is 0.224 e. The van der Waals surface area contributed by atoms with Crippen LogP contribution < -0.4 is 10.1 Å². The van der Waals surface area contributed by atoms with E-state index in [4.69, 9.17) is 16.3 Å². The van der Waals surface area contributed by atoms with Crippen LogP contribution in [-0.2, 0) is 11.2 Å². The van der Waals surface area contributed by atoms with Crippen molar-refractivity contribution >= 4 is 17.5 Å². The molecule has 0 saturated carbocycles. The van der Waals surface area contributed by atoms with Gasteiger partial charge in [-0.2, -0.15) is 0 Å². The molecule has 4 heteroatoms. The number of hydrogen-bond donors (Lipinski definition) is 1. The number of halogens is 1. The molecule has 0 saturated heterocycles. The molecule has 0 radical (unpaired) electrons. The summed E-state index contributed by atoms with van der Waals surface area (Å²) in [5, 5.41) is 3.40. The summed E-state index contributed by atoms with van der Waals surface area (Å²) >= 11 is 5.97. The van der Waals surface area contributed by atoms with Crippen LogP contribution in [0.2, 0.25) is 5.02 Å². The highest BCUT2D eigenvalue weighted by molar-refractivity contribution is 6.32. The second-order valence-corrected chi connectivity index (χ2v) is 5.20. The second-order valence-electron chi connectivity index (χ2n) is 4.79. The first kappa shape index (κ1) is 15.4. The Balaban J connectivity index is 1.70. The third-order valence-electron chi connectivity index (χ3n) is 3.00. The van der Waals surface area contributed by atoms with Crippen LogP contribution in [0.1, 0.15) is 11.1 Å². The number of benzene rings is 2. The number of rotatable bonds is 6. The van der Waals surface area contributed by atoms with Crippen LogP contribution in [0, 0.1) is 6.92 Å². The number of amides is 1. The molecule has 2 aromatic carbocycles. The van der Waals surface area contributed by atoms with Gasteiger partial charge in [-0.15, -0.1) is 0 Å². The van der Waals surface area contributed by atoms with E-state index in [1.165, 1.54) is 5.56 Å². The zero-order chi connectivity index (χ0) is 15.1. The summed E-state index contributed by atoms with van der Waals surface area (Å²) in [6.45, 7) is 2.87. The minimum Gasteiger partial charge on any atom is -0.490 e. The van der Waals surface area contributed by atoms with Crippen LogP contribution in [0.4, 0.5) is 0 Å². The number of ether oxygens (including phenoxy) is 1. The highest BCUT2D eigenvalue weighted by Gasteiger charge is 2.03. The van der Waals surface area contributed by atoms with Gasteiger partial charge in [-0.25, -0.2) is 0 Å². The normalized spacial score (nSPS) is 10.2. The quantitative estimate of drug-likeness (QED) is 0.831. The van der Waals surface area contributed by atoms with E-state index >= 15 is 0 Å². The van der Waals surface area contributed by atoms with Crippen LogP contribution in [0.15, 0.2) is 48.5 Å². The Hall–Kier alpha value is -2.00. The number of carbonyl (C=O) groups is 1. The van der Waals surface area contributed by atoms with Crippen molar-refractivity contribution in [1.82, 2.24) is 5.32 Å². The fourth-order valence-corrected chi connectivity index (χ4v) is 2.06. The summed E-state index contributed by atoms with van der Waals surface area (Å²) in [5.74, 6) is 0.619. The summed E-state index contributed by atoms with van der Waals surface area (Å²) in [6.07, 6.45) is 0.381. The summed E-state index contributed by atoms with van der Waals surface area (Å²) in [6, 6.07) is 15.2. The van der Waals surface area contributed by atoms with E-state index in [0.29, 0.717) is 30.3 Å². The molecule has 0 aliphatic rings. The van der Waals surface area contributed by atoms with Gasteiger partial charge in [-0.3, -0.25) is 4.79 Å². The summed E-state index contributed by atoms with van der Waals surface area (Å²) in [5.41, 5.74) is 2.19. The molecule has 2 rings (SSSR count). The fraction of sp³-hybridized carbons (Fsp3) is 0.235. The van der Waals surface area contributed by atoms with E-state index < -0.39 is 0 Å². The Kier molecular flexibility index (Phi) is 5.64. The van der Waals surface area contributed by atoms with Crippen molar-refractivity contribution in [3.05, 3.63) is 64.7 Å². The van der Waals surface area contributed by atoms with E-state index in [2.05, 4.69) is 5.32 Å². The second kappa shape index (κ2) is 7.70. The highest BCUT2D eigenvalue weighted by Crippen LogP contribution is 2.22. The monoisotopic (exact) mass is 303 g/mol. The number of para-hydroxylation sites is 1. The van der Waals surface area contributed by atoms with Crippen molar-refractivity contribution in [3.8, 4) is 5.75 Å². The van der Waals surface area contributed by atoms with Gasteiger partial charge in [-0.05, 0) is 24.6 Å². The van der Waals surface area contributed by atoms with Gasteiger partial charge in [0.05, 0.1) is 18.0 Å². The lowest BCUT2D eigenvalue weighted by Gasteiger charge is -2.09. The predicted octanol–water partition coefficient (Wildman–Crippen LogP) is 3.39. The Morgan fingerprint density at radius 2 is 1.86 bits per heavy atom. The molecule has 0 aliphatic heterocycles. The lowest BCUT2D eigenvalue weighted by Crippen LogP contribution is -2.29. The van der Waals surface area contributed by atoms with Crippen LogP contribution >= 0.6 is 11.6 Å². The average molecular weight is 304 g/mol. The molecule has 0 heterocycles. The number of hydrogen-bond acceptors (Lipinski definition) is 2. The van der Waals surface area contributed by atoms with Crippen molar-refractivity contribution in [1.29, 1.82) is 0 Å². The van der Waals surface area contributed by atoms with Gasteiger partial charge in [0.2, 0.25) is 5.91 Å². The molecule has 0 aliphatic carbocycles. The Morgan fingerprint density at radius 1 is 1.14 bits per heavy atom. The Morgan fingerprint density at radius 3 is 2.57 bits per heavy atom. The first-order valence-corrected chi connectivity index (χ1v) is 7.22. The summed E-state index contributed by atoms with van der Waals surface area (Å²) in [4.78, 5) is 11.8. The third-order valence-corrected chi connectivity index (χ3v) is 3.32. The van der Waals surface area contributed by atoms with Gasteiger partial charge in [-0.1, -0.05) is 53.6 Å². The minimum absolute atomic E-state index is 0.0124. The van der Waals surface area contributed by atoms with E-state index in [-0.39, 0.29) is 5.91 Å². The van der Waals surface area contributed by atoms with E-state index in [1.54, 1.807) is 12.1 Å². The molecular formula is C17H18ClNO2. The Bertz CT molecular complexity index is 596. The van der Waals surface area contributed by atoms with Crippen LogP contribution in [0.25, 0.3) is 0 Å². The lowest BCUT2D eigenvalue weighted by molar-refractivity contribution is -0.120. The zero-order valence-corrected chi connectivity index (χ0v) is 12.7. The molecule has 2 aromatic rings. The molecule has 0 fully saturated rings. The molecular weight excluding hydrogens is 286 g/mol. The van der Waals surface area contributed by atoms with E-state index in [9.17, 15) is 4.79 Å². The molecule has 0 unspecified atom stereocenters. The summed E-state index contributed by atoms with van der Waals surface area (Å²) in [7, 11) is 0. The predicted molar refractivity (Wildman–Crippen MR) is 84.8 cm³/mol. The van der Waals surface area contributed by atoms with Gasteiger partial charge in [0, 0.05) is 0 Å². The summed E-state index contributed by atoms with van der Waals surface area (Å²) < 4.78 is 5.51. The first-order chi connectivity index (χ1) is 10.1. The van der Waals surface area contributed by atoms with E-state index in [1.807, 2.05) is 43.3 Å². The van der Waals surface area contributed by atoms with Gasteiger partial charge < -0.3 is 10.1 Å². The van der Waals surface area contributed by atoms with Crippen LogP contribution in [0.5, 0.6) is 5.75 Å². The van der Waals surface area contributed by atoms with Crippen LogP contribution in [-0.4, -0.2) is 19.1 Å². The van der Waals surface area contributed by atoms with Crippen LogP contribution in [0.3, 0.4) is 0 Å². The lowest BCUT2D eigenvalue weighted by atomic mass is 10.1. The molecule has 3 nitrogen and oxygen atoms in total.